The van der Waals surface area contributed by atoms with Gasteiger partial charge in [-0.1, -0.05) is 19.8 Å². The van der Waals surface area contributed by atoms with Crippen molar-refractivity contribution in [3.8, 4) is 11.5 Å². The van der Waals surface area contributed by atoms with Gasteiger partial charge in [-0.3, -0.25) is 4.79 Å². The first-order valence-corrected chi connectivity index (χ1v) is 7.01. The Morgan fingerprint density at radius 2 is 2.05 bits per heavy atom. The lowest BCUT2D eigenvalue weighted by atomic mass is 9.88. The normalized spacial score (nSPS) is 16.9. The number of carbonyl (C=O) groups excluding carboxylic acids is 1. The Hall–Kier alpha value is -1.51. The molecule has 0 saturated carbocycles. The summed E-state index contributed by atoms with van der Waals surface area (Å²) >= 11 is 0. The van der Waals surface area contributed by atoms with Crippen LogP contribution in [0.15, 0.2) is 12.1 Å². The van der Waals surface area contributed by atoms with Crippen molar-refractivity contribution >= 4 is 5.78 Å². The van der Waals surface area contributed by atoms with E-state index in [-0.39, 0.29) is 11.5 Å². The first kappa shape index (κ1) is 13.9. The maximum atomic E-state index is 12.3. The molecule has 19 heavy (non-hydrogen) atoms. The third kappa shape index (κ3) is 3.09. The highest BCUT2D eigenvalue weighted by atomic mass is 16.5. The molecule has 0 radical (unpaired) electrons. The zero-order chi connectivity index (χ0) is 14.0. The maximum Gasteiger partial charge on any atom is 0.170 e. The molecule has 1 aliphatic rings. The van der Waals surface area contributed by atoms with Crippen LogP contribution >= 0.6 is 0 Å². The Labute approximate surface area is 114 Å². The van der Waals surface area contributed by atoms with Crippen molar-refractivity contribution in [1.82, 2.24) is 0 Å². The number of ketones is 1. The Bertz CT molecular complexity index is 489. The van der Waals surface area contributed by atoms with E-state index in [1.54, 1.807) is 12.1 Å². The monoisotopic (exact) mass is 262 g/mol. The Balaban J connectivity index is 2.36. The van der Waals surface area contributed by atoms with E-state index in [1.807, 2.05) is 13.8 Å². The topological polar surface area (TPSA) is 46.5 Å². The van der Waals surface area contributed by atoms with Crippen molar-refractivity contribution in [3.63, 3.8) is 0 Å². The van der Waals surface area contributed by atoms with Crippen molar-refractivity contribution in [2.45, 2.75) is 58.5 Å². The molecule has 3 nitrogen and oxygen atoms in total. The average molecular weight is 262 g/mol. The summed E-state index contributed by atoms with van der Waals surface area (Å²) in [5.41, 5.74) is 1.11. The second-order valence-electron chi connectivity index (χ2n) is 5.90. The van der Waals surface area contributed by atoms with Crippen molar-refractivity contribution in [2.75, 3.05) is 0 Å². The second kappa shape index (κ2) is 5.24. The molecule has 0 amide bonds. The van der Waals surface area contributed by atoms with Crippen LogP contribution in [0.5, 0.6) is 11.5 Å². The third-order valence-electron chi connectivity index (χ3n) is 3.47. The molecule has 1 aliphatic heterocycles. The highest BCUT2D eigenvalue weighted by Gasteiger charge is 2.34. The van der Waals surface area contributed by atoms with E-state index in [9.17, 15) is 9.90 Å². The van der Waals surface area contributed by atoms with Gasteiger partial charge in [0.15, 0.2) is 5.78 Å². The molecule has 0 atom stereocenters. The van der Waals surface area contributed by atoms with Gasteiger partial charge in [-0.25, -0.2) is 0 Å². The van der Waals surface area contributed by atoms with Crippen LogP contribution in [-0.2, 0) is 6.42 Å². The number of hydrogen-bond acceptors (Lipinski definition) is 3. The molecule has 104 valence electrons. The first-order chi connectivity index (χ1) is 8.93. The van der Waals surface area contributed by atoms with Crippen LogP contribution in [0.4, 0.5) is 0 Å². The minimum atomic E-state index is -0.488. The summed E-state index contributed by atoms with van der Waals surface area (Å²) in [6, 6.07) is 3.26. The van der Waals surface area contributed by atoms with Crippen LogP contribution in [0.25, 0.3) is 0 Å². The van der Waals surface area contributed by atoms with Crippen molar-refractivity contribution < 1.29 is 14.6 Å². The third-order valence-corrected chi connectivity index (χ3v) is 3.47. The Morgan fingerprint density at radius 1 is 1.32 bits per heavy atom. The highest BCUT2D eigenvalue weighted by Crippen LogP contribution is 2.38. The number of phenols is 1. The van der Waals surface area contributed by atoms with E-state index >= 15 is 0 Å². The van der Waals surface area contributed by atoms with Gasteiger partial charge < -0.3 is 9.84 Å². The van der Waals surface area contributed by atoms with Gasteiger partial charge in [0.2, 0.25) is 0 Å². The number of rotatable bonds is 4. The van der Waals surface area contributed by atoms with Crippen LogP contribution < -0.4 is 4.74 Å². The van der Waals surface area contributed by atoms with Crippen molar-refractivity contribution in [2.24, 2.45) is 0 Å². The lowest BCUT2D eigenvalue weighted by Gasteiger charge is -2.32. The number of ether oxygens (including phenoxy) is 1. The Kier molecular flexibility index (Phi) is 3.83. The molecule has 0 bridgehead atoms. The lowest BCUT2D eigenvalue weighted by molar-refractivity contribution is 0.0617. The molecule has 2 rings (SSSR count). The molecule has 3 heteroatoms. The highest BCUT2D eigenvalue weighted by molar-refractivity contribution is 6.02. The molecule has 0 saturated heterocycles. The van der Waals surface area contributed by atoms with Gasteiger partial charge in [0.1, 0.15) is 17.1 Å². The van der Waals surface area contributed by atoms with Gasteiger partial charge in [-0.2, -0.15) is 0 Å². The van der Waals surface area contributed by atoms with Crippen LogP contribution in [0.3, 0.4) is 0 Å². The summed E-state index contributed by atoms with van der Waals surface area (Å²) in [5, 5.41) is 9.79. The number of carbonyl (C=O) groups is 1. The summed E-state index contributed by atoms with van der Waals surface area (Å²) in [7, 11) is 0. The number of hydrogen-bond donors (Lipinski definition) is 1. The molecule has 1 aromatic carbocycles. The molecule has 1 heterocycles. The average Bonchev–Trinajstić information content (AvgIpc) is 2.25. The van der Waals surface area contributed by atoms with E-state index in [1.165, 1.54) is 0 Å². The first-order valence-electron chi connectivity index (χ1n) is 7.01. The summed E-state index contributed by atoms with van der Waals surface area (Å²) in [5.74, 6) is 0.834. The predicted molar refractivity (Wildman–Crippen MR) is 75.0 cm³/mol. The van der Waals surface area contributed by atoms with Gasteiger partial charge in [0.25, 0.3) is 0 Å². The molecular weight excluding hydrogens is 240 g/mol. The molecule has 0 unspecified atom stereocenters. The minimum absolute atomic E-state index is 0.123. The van der Waals surface area contributed by atoms with E-state index in [2.05, 4.69) is 6.92 Å². The number of aromatic hydroxyl groups is 1. The van der Waals surface area contributed by atoms with Gasteiger partial charge in [0.05, 0.1) is 12.0 Å². The number of aryl methyl sites for hydroxylation is 1. The largest absolute Gasteiger partial charge is 0.508 e. The van der Waals surface area contributed by atoms with E-state index in [0.29, 0.717) is 17.7 Å². The van der Waals surface area contributed by atoms with Gasteiger partial charge in [-0.15, -0.1) is 0 Å². The standard InChI is InChI=1S/C16H22O3/c1-4-5-6-7-11-8-12(17)9-14-15(11)13(18)10-16(2,3)19-14/h8-9,17H,4-7,10H2,1-3H3. The fraction of sp³-hybridized carbons (Fsp3) is 0.562. The van der Waals surface area contributed by atoms with Crippen LogP contribution in [0.1, 0.15) is 62.4 Å². The fourth-order valence-electron chi connectivity index (χ4n) is 2.63. The van der Waals surface area contributed by atoms with Crippen LogP contribution in [-0.4, -0.2) is 16.5 Å². The van der Waals surface area contributed by atoms with E-state index in [4.69, 9.17) is 4.74 Å². The predicted octanol–water partition coefficient (Wildman–Crippen LogP) is 3.87. The molecule has 1 N–H and O–H groups in total. The molecule has 0 spiro atoms. The summed E-state index contributed by atoms with van der Waals surface area (Å²) in [4.78, 5) is 12.3. The zero-order valence-corrected chi connectivity index (χ0v) is 12.0. The summed E-state index contributed by atoms with van der Waals surface area (Å²) in [6.45, 7) is 5.94. The Morgan fingerprint density at radius 3 is 2.74 bits per heavy atom. The van der Waals surface area contributed by atoms with Crippen molar-refractivity contribution in [1.29, 1.82) is 0 Å². The smallest absolute Gasteiger partial charge is 0.170 e. The van der Waals surface area contributed by atoms with Crippen LogP contribution in [0, 0.1) is 0 Å². The molecule has 1 aromatic rings. The maximum absolute atomic E-state index is 12.3. The van der Waals surface area contributed by atoms with Crippen molar-refractivity contribution in [3.05, 3.63) is 23.3 Å². The van der Waals surface area contributed by atoms with E-state index < -0.39 is 5.60 Å². The fourth-order valence-corrected chi connectivity index (χ4v) is 2.63. The van der Waals surface area contributed by atoms with Gasteiger partial charge in [0, 0.05) is 6.07 Å². The lowest BCUT2D eigenvalue weighted by Crippen LogP contribution is -2.36. The SMILES string of the molecule is CCCCCc1cc(O)cc2c1C(=O)CC(C)(C)O2. The number of phenolic OH excluding ortho intramolecular Hbond substituents is 1. The van der Waals surface area contributed by atoms with Crippen LogP contribution in [0.2, 0.25) is 0 Å². The zero-order valence-electron chi connectivity index (χ0n) is 12.0. The number of unbranched alkanes of at least 4 members (excludes halogenated alkanes) is 2. The quantitative estimate of drug-likeness (QED) is 0.838. The molecular formula is C16H22O3. The number of fused-ring (bicyclic) bond motifs is 1. The molecule has 0 aliphatic carbocycles. The molecule has 0 fully saturated rings. The number of Topliss-reactive ketones (excluding diaryl/α,β-unsaturated/α-hetero) is 1. The minimum Gasteiger partial charge on any atom is -0.508 e. The summed E-state index contributed by atoms with van der Waals surface area (Å²) in [6.07, 6.45) is 4.51. The van der Waals surface area contributed by atoms with Gasteiger partial charge in [-0.05, 0) is 38.3 Å². The second-order valence-corrected chi connectivity index (χ2v) is 5.90. The molecule has 0 aromatic heterocycles. The summed E-state index contributed by atoms with van der Waals surface area (Å²) < 4.78 is 5.84. The van der Waals surface area contributed by atoms with E-state index in [0.717, 1.165) is 31.2 Å². The number of benzene rings is 1. The van der Waals surface area contributed by atoms with Gasteiger partial charge >= 0.3 is 0 Å².